The van der Waals surface area contributed by atoms with E-state index in [1.807, 2.05) is 24.3 Å². The van der Waals surface area contributed by atoms with Gasteiger partial charge in [-0.05, 0) is 35.9 Å². The summed E-state index contributed by atoms with van der Waals surface area (Å²) in [6.07, 6.45) is 1.71. The highest BCUT2D eigenvalue weighted by Crippen LogP contribution is 2.30. The molecule has 1 aliphatic heterocycles. The molecule has 25 heavy (non-hydrogen) atoms. The number of hydrogen-bond donors (Lipinski definition) is 0. The van der Waals surface area contributed by atoms with Crippen LogP contribution in [0.4, 0.5) is 0 Å². The average Bonchev–Trinajstić information content (AvgIpc) is 2.90. The van der Waals surface area contributed by atoms with Crippen LogP contribution in [-0.2, 0) is 4.79 Å². The molecule has 0 radical (unpaired) electrons. The van der Waals surface area contributed by atoms with E-state index in [4.69, 9.17) is 21.1 Å². The van der Waals surface area contributed by atoms with Crippen molar-refractivity contribution in [3.63, 3.8) is 0 Å². The van der Waals surface area contributed by atoms with Crippen molar-refractivity contribution < 1.29 is 14.3 Å². The summed E-state index contributed by atoms with van der Waals surface area (Å²) in [7, 11) is 4.82. The van der Waals surface area contributed by atoms with Crippen molar-refractivity contribution >= 4 is 29.4 Å². The van der Waals surface area contributed by atoms with Crippen LogP contribution in [0.3, 0.4) is 0 Å². The summed E-state index contributed by atoms with van der Waals surface area (Å²) in [5, 5.41) is 0.549. The van der Waals surface area contributed by atoms with Crippen molar-refractivity contribution in [3.05, 3.63) is 64.3 Å². The Hall–Kier alpha value is -2.79. The normalized spacial score (nSPS) is 15.5. The predicted octanol–water partition coefficient (Wildman–Crippen LogP) is 3.62. The molecule has 0 bridgehead atoms. The van der Waals surface area contributed by atoms with Crippen LogP contribution in [0, 0.1) is 0 Å². The zero-order valence-corrected chi connectivity index (χ0v) is 14.9. The van der Waals surface area contributed by atoms with Gasteiger partial charge in [0, 0.05) is 12.6 Å². The first kappa shape index (κ1) is 17.0. The van der Waals surface area contributed by atoms with E-state index in [0.717, 1.165) is 11.1 Å². The van der Waals surface area contributed by atoms with Crippen LogP contribution in [0.1, 0.15) is 11.1 Å². The van der Waals surface area contributed by atoms with E-state index in [1.54, 1.807) is 45.5 Å². The van der Waals surface area contributed by atoms with Gasteiger partial charge in [-0.25, -0.2) is 4.99 Å². The molecule has 0 N–H and O–H groups in total. The van der Waals surface area contributed by atoms with Gasteiger partial charge < -0.3 is 9.47 Å². The molecule has 0 aromatic heterocycles. The highest BCUT2D eigenvalue weighted by atomic mass is 35.5. The van der Waals surface area contributed by atoms with Crippen molar-refractivity contribution in [1.29, 1.82) is 0 Å². The molecular formula is C19H17ClN2O3. The van der Waals surface area contributed by atoms with Crippen LogP contribution in [0.15, 0.2) is 53.2 Å². The number of carbonyl (C=O) groups excluding carboxylic acids is 1. The van der Waals surface area contributed by atoms with Crippen LogP contribution in [-0.4, -0.2) is 37.9 Å². The van der Waals surface area contributed by atoms with Gasteiger partial charge in [0.25, 0.3) is 5.91 Å². The Kier molecular flexibility index (Phi) is 4.76. The zero-order valence-electron chi connectivity index (χ0n) is 14.1. The van der Waals surface area contributed by atoms with E-state index in [0.29, 0.717) is 28.1 Å². The molecule has 0 atom stereocenters. The van der Waals surface area contributed by atoms with Crippen LogP contribution in [0.2, 0.25) is 5.02 Å². The lowest BCUT2D eigenvalue weighted by atomic mass is 10.1. The van der Waals surface area contributed by atoms with Gasteiger partial charge in [0.2, 0.25) is 0 Å². The number of carbonyl (C=O) groups is 1. The quantitative estimate of drug-likeness (QED) is 0.786. The molecule has 0 unspecified atom stereocenters. The van der Waals surface area contributed by atoms with Crippen LogP contribution < -0.4 is 9.47 Å². The molecule has 6 heteroatoms. The summed E-state index contributed by atoms with van der Waals surface area (Å²) in [5.74, 6) is 1.55. The minimum Gasteiger partial charge on any atom is -0.493 e. The van der Waals surface area contributed by atoms with Crippen molar-refractivity contribution in [2.75, 3.05) is 21.3 Å². The summed E-state index contributed by atoms with van der Waals surface area (Å²) < 4.78 is 10.5. The summed E-state index contributed by atoms with van der Waals surface area (Å²) >= 11 is 6.23. The SMILES string of the molecule is COc1ccc(/C=C2/N=C(c3ccccc3Cl)N(C)C2=O)cc1OC. The van der Waals surface area contributed by atoms with Gasteiger partial charge in [-0.2, -0.15) is 0 Å². The Bertz CT molecular complexity index is 890. The Morgan fingerprint density at radius 1 is 1.08 bits per heavy atom. The van der Waals surface area contributed by atoms with Crippen LogP contribution in [0.5, 0.6) is 11.5 Å². The maximum Gasteiger partial charge on any atom is 0.277 e. The lowest BCUT2D eigenvalue weighted by molar-refractivity contribution is -0.121. The topological polar surface area (TPSA) is 51.1 Å². The second-order valence-electron chi connectivity index (χ2n) is 5.42. The molecule has 5 nitrogen and oxygen atoms in total. The first-order valence-electron chi connectivity index (χ1n) is 7.60. The third-order valence-corrected chi connectivity index (χ3v) is 4.22. The van der Waals surface area contributed by atoms with Gasteiger partial charge in [-0.15, -0.1) is 0 Å². The molecule has 3 rings (SSSR count). The smallest absolute Gasteiger partial charge is 0.277 e. The van der Waals surface area contributed by atoms with Crippen LogP contribution in [0.25, 0.3) is 6.08 Å². The minimum atomic E-state index is -0.190. The van der Waals surface area contributed by atoms with E-state index >= 15 is 0 Å². The van der Waals surface area contributed by atoms with Crippen molar-refractivity contribution in [1.82, 2.24) is 4.90 Å². The summed E-state index contributed by atoms with van der Waals surface area (Å²) in [5.41, 5.74) is 1.85. The number of halogens is 1. The minimum absolute atomic E-state index is 0.190. The van der Waals surface area contributed by atoms with Crippen molar-refractivity contribution in [3.8, 4) is 11.5 Å². The van der Waals surface area contributed by atoms with Gasteiger partial charge in [0.1, 0.15) is 11.5 Å². The molecule has 128 valence electrons. The molecule has 2 aromatic rings. The number of nitrogens with zero attached hydrogens (tertiary/aromatic N) is 2. The molecule has 0 saturated carbocycles. The summed E-state index contributed by atoms with van der Waals surface area (Å²) in [6, 6.07) is 12.7. The lowest BCUT2D eigenvalue weighted by Crippen LogP contribution is -2.28. The van der Waals surface area contributed by atoms with E-state index in [-0.39, 0.29) is 5.91 Å². The number of ether oxygens (including phenoxy) is 2. The predicted molar refractivity (Wildman–Crippen MR) is 98.3 cm³/mol. The fraction of sp³-hybridized carbons (Fsp3) is 0.158. The van der Waals surface area contributed by atoms with Gasteiger partial charge >= 0.3 is 0 Å². The van der Waals surface area contributed by atoms with E-state index < -0.39 is 0 Å². The molecule has 0 saturated heterocycles. The van der Waals surface area contributed by atoms with Crippen molar-refractivity contribution in [2.45, 2.75) is 0 Å². The monoisotopic (exact) mass is 356 g/mol. The second kappa shape index (κ2) is 6.99. The van der Waals surface area contributed by atoms with Gasteiger partial charge in [-0.3, -0.25) is 9.69 Å². The molecule has 1 amide bonds. The van der Waals surface area contributed by atoms with E-state index in [9.17, 15) is 4.79 Å². The average molecular weight is 357 g/mol. The fourth-order valence-electron chi connectivity index (χ4n) is 2.58. The van der Waals surface area contributed by atoms with E-state index in [2.05, 4.69) is 4.99 Å². The number of amidine groups is 1. The number of hydrogen-bond acceptors (Lipinski definition) is 4. The molecule has 0 fully saturated rings. The highest BCUT2D eigenvalue weighted by molar-refractivity contribution is 6.35. The Balaban J connectivity index is 2.01. The zero-order chi connectivity index (χ0) is 18.0. The number of amides is 1. The molecule has 0 spiro atoms. The molecule has 1 heterocycles. The van der Waals surface area contributed by atoms with Gasteiger partial charge in [0.05, 0.1) is 19.2 Å². The molecule has 2 aromatic carbocycles. The highest BCUT2D eigenvalue weighted by Gasteiger charge is 2.28. The second-order valence-corrected chi connectivity index (χ2v) is 5.83. The third-order valence-electron chi connectivity index (χ3n) is 3.89. The first-order chi connectivity index (χ1) is 12.0. The lowest BCUT2D eigenvalue weighted by Gasteiger charge is -2.12. The van der Waals surface area contributed by atoms with Gasteiger partial charge in [0.15, 0.2) is 11.5 Å². The molecule has 0 aliphatic carbocycles. The molecule has 1 aliphatic rings. The maximum absolute atomic E-state index is 12.5. The summed E-state index contributed by atoms with van der Waals surface area (Å²) in [6.45, 7) is 0. The number of benzene rings is 2. The number of rotatable bonds is 4. The number of likely N-dealkylation sites (N-methyl/N-ethyl adjacent to an activating group) is 1. The number of aliphatic imine (C=N–C) groups is 1. The van der Waals surface area contributed by atoms with E-state index in [1.165, 1.54) is 4.90 Å². The third kappa shape index (κ3) is 3.23. The van der Waals surface area contributed by atoms with Gasteiger partial charge in [-0.1, -0.05) is 29.8 Å². The van der Waals surface area contributed by atoms with Crippen LogP contribution >= 0.6 is 11.6 Å². The molecular weight excluding hydrogens is 340 g/mol. The number of methoxy groups -OCH3 is 2. The summed E-state index contributed by atoms with van der Waals surface area (Å²) in [4.78, 5) is 18.5. The largest absolute Gasteiger partial charge is 0.493 e. The Labute approximate surface area is 151 Å². The fourth-order valence-corrected chi connectivity index (χ4v) is 2.80. The van der Waals surface area contributed by atoms with Crippen molar-refractivity contribution in [2.24, 2.45) is 4.99 Å². The standard InChI is InChI=1S/C19H17ClN2O3/c1-22-18(13-6-4-5-7-14(13)20)21-15(19(22)23)10-12-8-9-16(24-2)17(11-12)25-3/h4-11H,1-3H3/b15-10+. The first-order valence-corrected chi connectivity index (χ1v) is 7.98. The Morgan fingerprint density at radius 2 is 1.80 bits per heavy atom. The maximum atomic E-state index is 12.5. The Morgan fingerprint density at radius 3 is 2.48 bits per heavy atom.